The van der Waals surface area contributed by atoms with Gasteiger partial charge in [0, 0.05) is 12.6 Å². The summed E-state index contributed by atoms with van der Waals surface area (Å²) < 4.78 is 10.4. The number of hydrogen-bond donors (Lipinski definition) is 2. The van der Waals surface area contributed by atoms with Gasteiger partial charge in [-0.05, 0) is 20.3 Å². The molecule has 0 radical (unpaired) electrons. The molecule has 1 unspecified atom stereocenters. The summed E-state index contributed by atoms with van der Waals surface area (Å²) in [6.07, 6.45) is 1.06. The van der Waals surface area contributed by atoms with Gasteiger partial charge in [-0.15, -0.1) is 0 Å². The van der Waals surface area contributed by atoms with Crippen LogP contribution in [0.3, 0.4) is 0 Å². The minimum absolute atomic E-state index is 0.0251. The van der Waals surface area contributed by atoms with Gasteiger partial charge in [-0.1, -0.05) is 0 Å². The molecular formula is C10H20N2O3. The maximum absolute atomic E-state index is 11.3. The van der Waals surface area contributed by atoms with Gasteiger partial charge in [0.05, 0.1) is 19.3 Å². The summed E-state index contributed by atoms with van der Waals surface area (Å²) in [5.41, 5.74) is 0. The van der Waals surface area contributed by atoms with Crippen molar-refractivity contribution >= 4 is 5.91 Å². The molecule has 1 heterocycles. The molecule has 0 aromatic heterocycles. The van der Waals surface area contributed by atoms with Crippen LogP contribution in [0.25, 0.3) is 0 Å². The third kappa shape index (κ3) is 5.71. The van der Waals surface area contributed by atoms with Gasteiger partial charge >= 0.3 is 0 Å². The van der Waals surface area contributed by atoms with Gasteiger partial charge < -0.3 is 20.1 Å². The number of hydrogen-bond acceptors (Lipinski definition) is 4. The fourth-order valence-electron chi connectivity index (χ4n) is 1.38. The third-order valence-electron chi connectivity index (χ3n) is 2.08. The average Bonchev–Trinajstić information content (AvgIpc) is 2.18. The molecule has 0 aromatic carbocycles. The van der Waals surface area contributed by atoms with Gasteiger partial charge in [-0.3, -0.25) is 4.79 Å². The number of carbonyl (C=O) groups is 1. The normalized spacial score (nSPS) is 21.7. The highest BCUT2D eigenvalue weighted by Crippen LogP contribution is 2.03. The standard InChI is InChI=1S/C10H20N2O3/c1-8(2)12-10(13)6-11-5-9-3-4-14-7-15-9/h8-9,11H,3-7H2,1-2H3,(H,12,13). The fraction of sp³-hybridized carbons (Fsp3) is 0.900. The molecule has 1 amide bonds. The van der Waals surface area contributed by atoms with Crippen LogP contribution in [-0.4, -0.2) is 44.5 Å². The Morgan fingerprint density at radius 3 is 2.93 bits per heavy atom. The van der Waals surface area contributed by atoms with Crippen LogP contribution in [0, 0.1) is 0 Å². The molecule has 1 atom stereocenters. The lowest BCUT2D eigenvalue weighted by Crippen LogP contribution is -2.41. The second kappa shape index (κ2) is 6.76. The van der Waals surface area contributed by atoms with E-state index < -0.39 is 0 Å². The lowest BCUT2D eigenvalue weighted by molar-refractivity contribution is -0.137. The van der Waals surface area contributed by atoms with E-state index in [-0.39, 0.29) is 18.1 Å². The summed E-state index contributed by atoms with van der Waals surface area (Å²) in [6.45, 7) is 6.04. The molecule has 2 N–H and O–H groups in total. The van der Waals surface area contributed by atoms with Crippen LogP contribution >= 0.6 is 0 Å². The van der Waals surface area contributed by atoms with Crippen molar-refractivity contribution in [1.82, 2.24) is 10.6 Å². The fourth-order valence-corrected chi connectivity index (χ4v) is 1.38. The van der Waals surface area contributed by atoms with Crippen molar-refractivity contribution < 1.29 is 14.3 Å². The minimum atomic E-state index is 0.0251. The maximum Gasteiger partial charge on any atom is 0.234 e. The van der Waals surface area contributed by atoms with E-state index in [1.54, 1.807) is 0 Å². The molecule has 1 aliphatic rings. The van der Waals surface area contributed by atoms with Gasteiger partial charge in [-0.2, -0.15) is 0 Å². The van der Waals surface area contributed by atoms with Gasteiger partial charge in [0.25, 0.3) is 0 Å². The van der Waals surface area contributed by atoms with Crippen LogP contribution in [0.5, 0.6) is 0 Å². The van der Waals surface area contributed by atoms with Crippen molar-refractivity contribution in [3.63, 3.8) is 0 Å². The minimum Gasteiger partial charge on any atom is -0.355 e. The van der Waals surface area contributed by atoms with Crippen molar-refractivity contribution in [2.24, 2.45) is 0 Å². The quantitative estimate of drug-likeness (QED) is 0.672. The van der Waals surface area contributed by atoms with Gasteiger partial charge in [-0.25, -0.2) is 0 Å². The van der Waals surface area contributed by atoms with Crippen LogP contribution < -0.4 is 10.6 Å². The first-order chi connectivity index (χ1) is 7.18. The highest BCUT2D eigenvalue weighted by Gasteiger charge is 2.13. The summed E-state index contributed by atoms with van der Waals surface area (Å²) >= 11 is 0. The summed E-state index contributed by atoms with van der Waals surface area (Å²) in [5, 5.41) is 5.88. The van der Waals surface area contributed by atoms with E-state index in [0.29, 0.717) is 19.9 Å². The number of rotatable bonds is 5. The van der Waals surface area contributed by atoms with Crippen molar-refractivity contribution in [3.05, 3.63) is 0 Å². The predicted molar refractivity (Wildman–Crippen MR) is 56.5 cm³/mol. The maximum atomic E-state index is 11.3. The Hall–Kier alpha value is -0.650. The molecule has 88 valence electrons. The van der Waals surface area contributed by atoms with Crippen LogP contribution in [0.2, 0.25) is 0 Å². The summed E-state index contributed by atoms with van der Waals surface area (Å²) in [7, 11) is 0. The van der Waals surface area contributed by atoms with Crippen molar-refractivity contribution in [1.29, 1.82) is 0 Å². The topological polar surface area (TPSA) is 59.6 Å². The molecule has 0 bridgehead atoms. The van der Waals surface area contributed by atoms with Gasteiger partial charge in [0.2, 0.25) is 5.91 Å². The number of nitrogens with one attached hydrogen (secondary N) is 2. The molecular weight excluding hydrogens is 196 g/mol. The summed E-state index contributed by atoms with van der Waals surface area (Å²) in [6, 6.07) is 0.193. The van der Waals surface area contributed by atoms with Crippen LogP contribution in [-0.2, 0) is 14.3 Å². The van der Waals surface area contributed by atoms with E-state index in [9.17, 15) is 4.79 Å². The van der Waals surface area contributed by atoms with Crippen LogP contribution in [0.4, 0.5) is 0 Å². The van der Waals surface area contributed by atoms with Crippen LogP contribution in [0.15, 0.2) is 0 Å². The van der Waals surface area contributed by atoms with Crippen LogP contribution in [0.1, 0.15) is 20.3 Å². The van der Waals surface area contributed by atoms with Gasteiger partial charge in [0.1, 0.15) is 6.79 Å². The number of amides is 1. The number of ether oxygens (including phenoxy) is 2. The van der Waals surface area contributed by atoms with Gasteiger partial charge in [0.15, 0.2) is 0 Å². The molecule has 1 saturated heterocycles. The first kappa shape index (κ1) is 12.4. The molecule has 0 spiro atoms. The molecule has 1 rings (SSSR count). The van der Waals surface area contributed by atoms with E-state index in [2.05, 4.69) is 10.6 Å². The molecule has 1 fully saturated rings. The Labute approximate surface area is 90.5 Å². The smallest absolute Gasteiger partial charge is 0.234 e. The number of carbonyl (C=O) groups excluding carboxylic acids is 1. The highest BCUT2D eigenvalue weighted by molar-refractivity contribution is 5.78. The Morgan fingerprint density at radius 2 is 2.33 bits per heavy atom. The molecule has 5 heteroatoms. The Kier molecular flexibility index (Phi) is 5.60. The monoisotopic (exact) mass is 216 g/mol. The largest absolute Gasteiger partial charge is 0.355 e. The molecule has 0 aliphatic carbocycles. The molecule has 5 nitrogen and oxygen atoms in total. The van der Waals surface area contributed by atoms with E-state index in [1.807, 2.05) is 13.8 Å². The second-order valence-corrected chi connectivity index (χ2v) is 3.96. The lowest BCUT2D eigenvalue weighted by atomic mass is 10.2. The first-order valence-corrected chi connectivity index (χ1v) is 5.38. The molecule has 0 aromatic rings. The van der Waals surface area contributed by atoms with Crippen molar-refractivity contribution in [3.8, 4) is 0 Å². The molecule has 15 heavy (non-hydrogen) atoms. The Morgan fingerprint density at radius 1 is 1.53 bits per heavy atom. The first-order valence-electron chi connectivity index (χ1n) is 5.38. The lowest BCUT2D eigenvalue weighted by Gasteiger charge is -2.22. The van der Waals surface area contributed by atoms with E-state index >= 15 is 0 Å². The molecule has 1 aliphatic heterocycles. The summed E-state index contributed by atoms with van der Waals surface area (Å²) in [5.74, 6) is 0.0251. The van der Waals surface area contributed by atoms with E-state index in [4.69, 9.17) is 9.47 Å². The Bertz CT molecular complexity index is 191. The average molecular weight is 216 g/mol. The zero-order valence-corrected chi connectivity index (χ0v) is 9.41. The predicted octanol–water partition coefficient (Wildman–Crippen LogP) is -0.136. The third-order valence-corrected chi connectivity index (χ3v) is 2.08. The van der Waals surface area contributed by atoms with E-state index in [0.717, 1.165) is 13.0 Å². The highest BCUT2D eigenvalue weighted by atomic mass is 16.7. The SMILES string of the molecule is CC(C)NC(=O)CNCC1CCOCO1. The zero-order valence-electron chi connectivity index (χ0n) is 9.41. The van der Waals surface area contributed by atoms with Crippen molar-refractivity contribution in [2.45, 2.75) is 32.4 Å². The Balaban J connectivity index is 2.02. The van der Waals surface area contributed by atoms with E-state index in [1.165, 1.54) is 0 Å². The second-order valence-electron chi connectivity index (χ2n) is 3.96. The zero-order chi connectivity index (χ0) is 11.1. The van der Waals surface area contributed by atoms with Crippen molar-refractivity contribution in [2.75, 3.05) is 26.5 Å². The molecule has 0 saturated carbocycles. The summed E-state index contributed by atoms with van der Waals surface area (Å²) in [4.78, 5) is 11.3.